The van der Waals surface area contributed by atoms with Gasteiger partial charge in [0.2, 0.25) is 5.72 Å². The molecule has 140 valence electrons. The highest BCUT2D eigenvalue weighted by Crippen LogP contribution is 2.44. The number of benzene rings is 1. The van der Waals surface area contributed by atoms with Crippen LogP contribution in [0.2, 0.25) is 0 Å². The van der Waals surface area contributed by atoms with Gasteiger partial charge in [0.05, 0.1) is 22.6 Å². The van der Waals surface area contributed by atoms with E-state index in [0.717, 1.165) is 11.3 Å². The number of thiocarbonyl (C=S) groups is 1. The molecule has 3 rings (SSSR count). The van der Waals surface area contributed by atoms with Crippen molar-refractivity contribution in [3.63, 3.8) is 0 Å². The number of rotatable bonds is 3. The average molecular weight is 411 g/mol. The van der Waals surface area contributed by atoms with Crippen LogP contribution in [0.15, 0.2) is 41.8 Å². The lowest BCUT2D eigenvalue weighted by Gasteiger charge is -2.46. The molecule has 3 atom stereocenters. The fourth-order valence-electron chi connectivity index (χ4n) is 2.95. The van der Waals surface area contributed by atoms with Gasteiger partial charge in [0.25, 0.3) is 0 Å². The number of aliphatic hydroxyl groups is 1. The number of halogens is 3. The van der Waals surface area contributed by atoms with Gasteiger partial charge in [0.15, 0.2) is 10.9 Å². The molecule has 0 saturated carbocycles. The maximum absolute atomic E-state index is 13.8. The number of carbonyl (C=O) groups is 1. The first-order valence-corrected chi connectivity index (χ1v) is 8.91. The zero-order valence-electron chi connectivity index (χ0n) is 13.4. The number of nitrogens with one attached hydrogen (secondary N) is 2. The zero-order valence-corrected chi connectivity index (χ0v) is 15.1. The maximum atomic E-state index is 13.8. The molecule has 1 aromatic heterocycles. The molecule has 0 radical (unpaired) electrons. The van der Waals surface area contributed by atoms with Crippen LogP contribution < -0.4 is 10.6 Å². The van der Waals surface area contributed by atoms with E-state index in [2.05, 4.69) is 5.32 Å². The molecule has 1 fully saturated rings. The molecule has 0 spiro atoms. The first-order valence-electron chi connectivity index (χ1n) is 7.63. The average Bonchev–Trinajstić information content (AvgIpc) is 3.14. The smallest absolute Gasteiger partial charge is 0.363 e. The number of nitriles is 1. The van der Waals surface area contributed by atoms with Crippen molar-refractivity contribution in [1.29, 1.82) is 5.26 Å². The molecule has 5 nitrogen and oxygen atoms in total. The highest BCUT2D eigenvalue weighted by Gasteiger charge is 2.65. The summed E-state index contributed by atoms with van der Waals surface area (Å²) in [6.45, 7) is 0. The molecule has 1 aromatic carbocycles. The van der Waals surface area contributed by atoms with E-state index in [-0.39, 0.29) is 10.4 Å². The molecule has 2 aromatic rings. The first-order chi connectivity index (χ1) is 12.7. The summed E-state index contributed by atoms with van der Waals surface area (Å²) >= 11 is 5.83. The van der Waals surface area contributed by atoms with E-state index in [1.54, 1.807) is 5.38 Å². The number of Topliss-reactive ketones (excluding diaryl/α,β-unsaturated/α-hetero) is 1. The lowest BCUT2D eigenvalue weighted by atomic mass is 9.78. The first kappa shape index (κ1) is 19.3. The molecule has 3 unspecified atom stereocenters. The lowest BCUT2D eigenvalue weighted by Crippen LogP contribution is -2.72. The predicted octanol–water partition coefficient (Wildman–Crippen LogP) is 2.89. The second-order valence-electron chi connectivity index (χ2n) is 5.89. The second-order valence-corrected chi connectivity index (χ2v) is 7.25. The maximum Gasteiger partial charge on any atom is 0.437 e. The molecule has 1 aliphatic rings. The highest BCUT2D eigenvalue weighted by molar-refractivity contribution is 7.80. The Hall–Kier alpha value is -2.48. The van der Waals surface area contributed by atoms with Gasteiger partial charge >= 0.3 is 6.18 Å². The van der Waals surface area contributed by atoms with Gasteiger partial charge in [-0.1, -0.05) is 18.2 Å². The van der Waals surface area contributed by atoms with Crippen LogP contribution in [0.1, 0.15) is 26.8 Å². The minimum absolute atomic E-state index is 0.0812. The summed E-state index contributed by atoms with van der Waals surface area (Å²) in [7, 11) is 0. The molecule has 27 heavy (non-hydrogen) atoms. The Morgan fingerprint density at radius 1 is 1.30 bits per heavy atom. The Bertz CT molecular complexity index is 907. The number of ketones is 1. The number of hydrogen-bond acceptors (Lipinski definition) is 5. The highest BCUT2D eigenvalue weighted by atomic mass is 32.1. The summed E-state index contributed by atoms with van der Waals surface area (Å²) in [6, 6.07) is 9.29. The van der Waals surface area contributed by atoms with Gasteiger partial charge in [-0.3, -0.25) is 4.79 Å². The van der Waals surface area contributed by atoms with Crippen LogP contribution in [-0.2, 0) is 0 Å². The molecular formula is C17H12F3N3O2S2. The van der Waals surface area contributed by atoms with Crippen molar-refractivity contribution in [3.05, 3.63) is 57.8 Å². The number of carbonyl (C=O) groups excluding carboxylic acids is 1. The van der Waals surface area contributed by atoms with E-state index < -0.39 is 34.8 Å². The number of thiophene rings is 1. The SMILES string of the molecule is N#Cc1ccc(C2NC(=S)NC(O)(C(F)(F)F)C2C(=O)c2cccs2)cc1. The van der Waals surface area contributed by atoms with Crippen molar-refractivity contribution < 1.29 is 23.1 Å². The lowest BCUT2D eigenvalue weighted by molar-refractivity contribution is -0.285. The monoisotopic (exact) mass is 411 g/mol. The Morgan fingerprint density at radius 2 is 1.96 bits per heavy atom. The summed E-state index contributed by atoms with van der Waals surface area (Å²) in [6.07, 6.45) is -5.17. The van der Waals surface area contributed by atoms with Crippen LogP contribution in [0.25, 0.3) is 0 Å². The minimum Gasteiger partial charge on any atom is -0.363 e. The summed E-state index contributed by atoms with van der Waals surface area (Å²) in [5, 5.41) is 25.0. The molecule has 3 N–H and O–H groups in total. The fraction of sp³-hybridized carbons (Fsp3) is 0.235. The molecule has 10 heteroatoms. The van der Waals surface area contributed by atoms with Crippen LogP contribution >= 0.6 is 23.6 Å². The van der Waals surface area contributed by atoms with Crippen LogP contribution in [0.3, 0.4) is 0 Å². The second kappa shape index (κ2) is 6.92. The standard InChI is InChI=1S/C17H12F3N3O2S2/c18-17(19,20)16(25)12(14(24)11-2-1-7-27-11)13(22-15(26)23-16)10-5-3-9(8-21)4-6-10/h1-7,12-13,25H,(H2,22,23,26). The number of nitrogens with zero attached hydrogens (tertiary/aromatic N) is 1. The van der Waals surface area contributed by atoms with Gasteiger partial charge in [-0.25, -0.2) is 0 Å². The summed E-state index contributed by atoms with van der Waals surface area (Å²) < 4.78 is 41.3. The normalized spacial score (nSPS) is 25.2. The van der Waals surface area contributed by atoms with Crippen molar-refractivity contribution in [2.45, 2.75) is 17.9 Å². The Morgan fingerprint density at radius 3 is 2.48 bits per heavy atom. The molecule has 1 saturated heterocycles. The predicted molar refractivity (Wildman–Crippen MR) is 95.9 cm³/mol. The van der Waals surface area contributed by atoms with E-state index in [1.165, 1.54) is 36.4 Å². The van der Waals surface area contributed by atoms with E-state index in [4.69, 9.17) is 17.5 Å². The van der Waals surface area contributed by atoms with Gasteiger partial charge < -0.3 is 15.7 Å². The minimum atomic E-state index is -5.17. The third-order valence-electron chi connectivity index (χ3n) is 4.25. The Labute approximate surface area is 161 Å². The van der Waals surface area contributed by atoms with Gasteiger partial charge in [-0.05, 0) is 41.4 Å². The summed E-state index contributed by atoms with van der Waals surface area (Å²) in [5.41, 5.74) is -2.95. The summed E-state index contributed by atoms with van der Waals surface area (Å²) in [4.78, 5) is 13.0. The van der Waals surface area contributed by atoms with Gasteiger partial charge in [0.1, 0.15) is 5.92 Å². The van der Waals surface area contributed by atoms with Crippen LogP contribution in [0.5, 0.6) is 0 Å². The number of hydrogen-bond donors (Lipinski definition) is 3. The molecule has 2 heterocycles. The molecule has 1 aliphatic heterocycles. The van der Waals surface area contributed by atoms with Crippen molar-refractivity contribution in [2.75, 3.05) is 0 Å². The topological polar surface area (TPSA) is 85.2 Å². The Kier molecular flexibility index (Phi) is 4.94. The Balaban J connectivity index is 2.14. The fourth-order valence-corrected chi connectivity index (χ4v) is 3.94. The number of alkyl halides is 3. The quantitative estimate of drug-likeness (QED) is 0.532. The van der Waals surface area contributed by atoms with Gasteiger partial charge in [-0.15, -0.1) is 11.3 Å². The largest absolute Gasteiger partial charge is 0.437 e. The van der Waals surface area contributed by atoms with Crippen LogP contribution in [0.4, 0.5) is 13.2 Å². The van der Waals surface area contributed by atoms with E-state index >= 15 is 0 Å². The third-order valence-corrected chi connectivity index (χ3v) is 5.36. The van der Waals surface area contributed by atoms with E-state index in [9.17, 15) is 23.1 Å². The van der Waals surface area contributed by atoms with Gasteiger partial charge in [0, 0.05) is 0 Å². The molecular weight excluding hydrogens is 399 g/mol. The van der Waals surface area contributed by atoms with Crippen molar-refractivity contribution in [3.8, 4) is 6.07 Å². The zero-order chi connectivity index (χ0) is 19.8. The molecule has 0 bridgehead atoms. The summed E-state index contributed by atoms with van der Waals surface area (Å²) in [5.74, 6) is -2.81. The molecule has 0 amide bonds. The van der Waals surface area contributed by atoms with Crippen LogP contribution in [-0.4, -0.2) is 27.9 Å². The molecule has 0 aliphatic carbocycles. The van der Waals surface area contributed by atoms with E-state index in [0.29, 0.717) is 5.56 Å². The van der Waals surface area contributed by atoms with Crippen molar-refractivity contribution >= 4 is 34.5 Å². The van der Waals surface area contributed by atoms with E-state index in [1.807, 2.05) is 11.4 Å². The third kappa shape index (κ3) is 3.41. The van der Waals surface area contributed by atoms with Crippen molar-refractivity contribution in [1.82, 2.24) is 10.6 Å². The van der Waals surface area contributed by atoms with Crippen LogP contribution in [0, 0.1) is 17.2 Å². The van der Waals surface area contributed by atoms with Gasteiger partial charge in [-0.2, -0.15) is 18.4 Å². The van der Waals surface area contributed by atoms with Crippen molar-refractivity contribution in [2.24, 2.45) is 5.92 Å².